The lowest BCUT2D eigenvalue weighted by atomic mass is 9.91. The van der Waals surface area contributed by atoms with Crippen molar-refractivity contribution in [3.05, 3.63) is 48.2 Å². The normalized spacial score (nSPS) is 12.4. The second kappa shape index (κ2) is 4.09. The Bertz CT molecular complexity index is 902. The molecule has 102 valence electrons. The quantitative estimate of drug-likeness (QED) is 0.534. The van der Waals surface area contributed by atoms with Crippen LogP contribution in [-0.2, 0) is 0 Å². The van der Waals surface area contributed by atoms with Crippen molar-refractivity contribution in [3.8, 4) is 11.3 Å². The van der Waals surface area contributed by atoms with Gasteiger partial charge in [0.1, 0.15) is 11.4 Å². The highest BCUT2D eigenvalue weighted by Crippen LogP contribution is 2.38. The standard InChI is InChI=1S/C16H12N4O/c1-20(2)11-8-19-15-12-9(11)5-7-18-13(12)10-4-3-6-17-14(10)16(15)21/h3-8H,1-2H3. The molecule has 0 amide bonds. The van der Waals surface area contributed by atoms with E-state index < -0.39 is 0 Å². The molecule has 3 aromatic heterocycles. The van der Waals surface area contributed by atoms with Crippen LogP contribution in [0.3, 0.4) is 0 Å². The smallest absolute Gasteiger partial charge is 0.231 e. The summed E-state index contributed by atoms with van der Waals surface area (Å²) < 4.78 is 0. The lowest BCUT2D eigenvalue weighted by Crippen LogP contribution is -2.17. The fourth-order valence-electron chi connectivity index (χ4n) is 2.80. The molecule has 1 aliphatic rings. The first kappa shape index (κ1) is 12.0. The number of carbonyl (C=O) groups is 1. The fraction of sp³-hybridized carbons (Fsp3) is 0.125. The number of fused-ring (bicyclic) bond motifs is 2. The summed E-state index contributed by atoms with van der Waals surface area (Å²) in [5.74, 6) is -0.138. The van der Waals surface area contributed by atoms with E-state index in [4.69, 9.17) is 0 Å². The van der Waals surface area contributed by atoms with E-state index in [0.717, 1.165) is 27.7 Å². The molecule has 5 nitrogen and oxygen atoms in total. The van der Waals surface area contributed by atoms with Crippen LogP contribution in [-0.4, -0.2) is 34.8 Å². The van der Waals surface area contributed by atoms with Crippen molar-refractivity contribution in [2.45, 2.75) is 0 Å². The van der Waals surface area contributed by atoms with Gasteiger partial charge in [-0.3, -0.25) is 14.8 Å². The summed E-state index contributed by atoms with van der Waals surface area (Å²) in [7, 11) is 3.92. The molecule has 0 N–H and O–H groups in total. The average Bonchev–Trinajstić information content (AvgIpc) is 2.51. The number of aromatic nitrogens is 3. The van der Waals surface area contributed by atoms with Gasteiger partial charge in [-0.05, 0) is 18.2 Å². The second-order valence-electron chi connectivity index (χ2n) is 5.20. The van der Waals surface area contributed by atoms with Crippen molar-refractivity contribution in [2.24, 2.45) is 0 Å². The molecule has 0 atom stereocenters. The minimum absolute atomic E-state index is 0.138. The van der Waals surface area contributed by atoms with E-state index in [0.29, 0.717) is 11.4 Å². The van der Waals surface area contributed by atoms with Gasteiger partial charge in [0.25, 0.3) is 0 Å². The molecule has 0 aliphatic heterocycles. The Hall–Kier alpha value is -2.82. The lowest BCUT2D eigenvalue weighted by Gasteiger charge is -2.21. The van der Waals surface area contributed by atoms with Gasteiger partial charge in [-0.25, -0.2) is 4.98 Å². The van der Waals surface area contributed by atoms with Crippen LogP contribution in [0.5, 0.6) is 0 Å². The molecular formula is C16H12N4O. The van der Waals surface area contributed by atoms with Gasteiger partial charge in [0.15, 0.2) is 0 Å². The first-order chi connectivity index (χ1) is 10.2. The van der Waals surface area contributed by atoms with E-state index in [2.05, 4.69) is 15.0 Å². The SMILES string of the molecule is CN(C)c1cnc2c3c(nccc13)-c1cccnc1C2=O. The van der Waals surface area contributed by atoms with Gasteiger partial charge in [0.05, 0.1) is 17.6 Å². The van der Waals surface area contributed by atoms with E-state index in [9.17, 15) is 4.79 Å². The molecule has 0 spiro atoms. The molecule has 21 heavy (non-hydrogen) atoms. The second-order valence-corrected chi connectivity index (χ2v) is 5.20. The number of nitrogens with zero attached hydrogens (tertiary/aromatic N) is 4. The maximum Gasteiger partial charge on any atom is 0.231 e. The highest BCUT2D eigenvalue weighted by atomic mass is 16.1. The van der Waals surface area contributed by atoms with Gasteiger partial charge in [-0.1, -0.05) is 0 Å². The lowest BCUT2D eigenvalue weighted by molar-refractivity contribution is 0.103. The van der Waals surface area contributed by atoms with Gasteiger partial charge in [-0.2, -0.15) is 0 Å². The zero-order chi connectivity index (χ0) is 14.6. The van der Waals surface area contributed by atoms with Crippen LogP contribution in [0.2, 0.25) is 0 Å². The van der Waals surface area contributed by atoms with Crippen LogP contribution in [0.1, 0.15) is 16.2 Å². The number of pyridine rings is 3. The number of anilines is 1. The molecule has 0 saturated heterocycles. The zero-order valence-electron chi connectivity index (χ0n) is 11.7. The van der Waals surface area contributed by atoms with Gasteiger partial charge in [0, 0.05) is 42.8 Å². The van der Waals surface area contributed by atoms with Crippen LogP contribution in [0.15, 0.2) is 36.8 Å². The Labute approximate surface area is 121 Å². The molecule has 0 saturated carbocycles. The molecule has 1 aliphatic carbocycles. The van der Waals surface area contributed by atoms with Gasteiger partial charge in [-0.15, -0.1) is 0 Å². The van der Waals surface area contributed by atoms with Gasteiger partial charge in [0.2, 0.25) is 5.78 Å². The van der Waals surface area contributed by atoms with E-state index in [1.165, 1.54) is 0 Å². The molecule has 0 aromatic carbocycles. The topological polar surface area (TPSA) is 59.0 Å². The van der Waals surface area contributed by atoms with Crippen molar-refractivity contribution in [2.75, 3.05) is 19.0 Å². The van der Waals surface area contributed by atoms with E-state index in [1.54, 1.807) is 18.6 Å². The van der Waals surface area contributed by atoms with Crippen LogP contribution in [0.25, 0.3) is 22.0 Å². The molecule has 5 heteroatoms. The summed E-state index contributed by atoms with van der Waals surface area (Å²) in [6.45, 7) is 0. The predicted molar refractivity (Wildman–Crippen MR) is 80.5 cm³/mol. The third-order valence-electron chi connectivity index (χ3n) is 3.75. The van der Waals surface area contributed by atoms with Gasteiger partial charge < -0.3 is 4.90 Å². The average molecular weight is 276 g/mol. The minimum Gasteiger partial charge on any atom is -0.376 e. The Morgan fingerprint density at radius 1 is 0.952 bits per heavy atom. The van der Waals surface area contributed by atoms with Crippen LogP contribution < -0.4 is 4.90 Å². The first-order valence-electron chi connectivity index (χ1n) is 6.63. The zero-order valence-corrected chi connectivity index (χ0v) is 11.7. The van der Waals surface area contributed by atoms with Crippen LogP contribution in [0, 0.1) is 0 Å². The summed E-state index contributed by atoms with van der Waals surface area (Å²) in [5, 5.41) is 1.80. The Morgan fingerprint density at radius 3 is 2.57 bits per heavy atom. The molecule has 0 bridgehead atoms. The molecule has 0 radical (unpaired) electrons. The molecule has 0 fully saturated rings. The molecule has 0 unspecified atom stereocenters. The van der Waals surface area contributed by atoms with E-state index in [-0.39, 0.29) is 5.78 Å². The van der Waals surface area contributed by atoms with Crippen molar-refractivity contribution in [1.29, 1.82) is 0 Å². The first-order valence-corrected chi connectivity index (χ1v) is 6.63. The summed E-state index contributed by atoms with van der Waals surface area (Å²) in [5.41, 5.74) is 3.39. The molecule has 3 aromatic rings. The molecule has 4 rings (SSSR count). The Balaban J connectivity index is 2.21. The predicted octanol–water partition coefficient (Wildman–Crippen LogP) is 2.30. The molecule has 3 heterocycles. The third kappa shape index (κ3) is 1.51. The summed E-state index contributed by atoms with van der Waals surface area (Å²) in [6, 6.07) is 5.63. The number of hydrogen-bond donors (Lipinski definition) is 0. The summed E-state index contributed by atoms with van der Waals surface area (Å²) >= 11 is 0. The van der Waals surface area contributed by atoms with E-state index in [1.807, 2.05) is 37.2 Å². The maximum atomic E-state index is 12.6. The number of carbonyl (C=O) groups excluding carboxylic acids is 1. The van der Waals surface area contributed by atoms with Gasteiger partial charge >= 0.3 is 0 Å². The van der Waals surface area contributed by atoms with Crippen LogP contribution in [0.4, 0.5) is 5.69 Å². The minimum atomic E-state index is -0.138. The highest BCUT2D eigenvalue weighted by Gasteiger charge is 2.29. The van der Waals surface area contributed by atoms with Crippen molar-refractivity contribution >= 4 is 22.2 Å². The number of ketones is 1. The van der Waals surface area contributed by atoms with Crippen molar-refractivity contribution in [3.63, 3.8) is 0 Å². The molecular weight excluding hydrogens is 264 g/mol. The van der Waals surface area contributed by atoms with Crippen LogP contribution >= 0.6 is 0 Å². The maximum absolute atomic E-state index is 12.6. The largest absolute Gasteiger partial charge is 0.376 e. The Kier molecular flexibility index (Phi) is 2.33. The summed E-state index contributed by atoms with van der Waals surface area (Å²) in [4.78, 5) is 27.6. The van der Waals surface area contributed by atoms with E-state index >= 15 is 0 Å². The Morgan fingerprint density at radius 2 is 1.76 bits per heavy atom. The number of rotatable bonds is 1. The monoisotopic (exact) mass is 276 g/mol. The third-order valence-corrected chi connectivity index (χ3v) is 3.75. The van der Waals surface area contributed by atoms with Crippen molar-refractivity contribution in [1.82, 2.24) is 15.0 Å². The van der Waals surface area contributed by atoms with Crippen molar-refractivity contribution < 1.29 is 4.79 Å². The fourth-order valence-corrected chi connectivity index (χ4v) is 2.80. The summed E-state index contributed by atoms with van der Waals surface area (Å²) in [6.07, 6.45) is 5.12. The highest BCUT2D eigenvalue weighted by molar-refractivity contribution is 6.24. The number of hydrogen-bond acceptors (Lipinski definition) is 5.